The molecular formula is C16H22N2O3. The van der Waals surface area contributed by atoms with E-state index in [0.29, 0.717) is 12.5 Å². The van der Waals surface area contributed by atoms with Gasteiger partial charge in [-0.05, 0) is 24.0 Å². The summed E-state index contributed by atoms with van der Waals surface area (Å²) in [5, 5.41) is 11.2. The maximum atomic E-state index is 11.9. The first-order chi connectivity index (χ1) is 10.1. The molecule has 1 aliphatic rings. The minimum Gasteiger partial charge on any atom is -0.481 e. The van der Waals surface area contributed by atoms with E-state index in [-0.39, 0.29) is 19.0 Å². The molecule has 0 bridgehead atoms. The molecule has 1 saturated heterocycles. The molecule has 2 rings (SSSR count). The highest BCUT2D eigenvalue weighted by Crippen LogP contribution is 2.27. The maximum absolute atomic E-state index is 11.9. The van der Waals surface area contributed by atoms with Crippen LogP contribution in [0.25, 0.3) is 0 Å². The Morgan fingerprint density at radius 1 is 1.33 bits per heavy atom. The summed E-state index contributed by atoms with van der Waals surface area (Å²) in [6.45, 7) is 3.73. The van der Waals surface area contributed by atoms with Crippen LogP contribution in [0.4, 0.5) is 4.79 Å². The number of rotatable bonds is 5. The predicted molar refractivity (Wildman–Crippen MR) is 80.4 cm³/mol. The summed E-state index contributed by atoms with van der Waals surface area (Å²) in [5.74, 6) is -0.522. The van der Waals surface area contributed by atoms with Crippen LogP contribution in [0.15, 0.2) is 24.3 Å². The first kappa shape index (κ1) is 15.4. The van der Waals surface area contributed by atoms with E-state index in [0.717, 1.165) is 19.4 Å². The van der Waals surface area contributed by atoms with Gasteiger partial charge in [0, 0.05) is 25.6 Å². The Kier molecular flexibility index (Phi) is 5.20. The molecule has 1 atom stereocenters. The molecule has 2 N–H and O–H groups in total. The van der Waals surface area contributed by atoms with Gasteiger partial charge in [-0.2, -0.15) is 0 Å². The van der Waals surface area contributed by atoms with Crippen LogP contribution < -0.4 is 5.32 Å². The fourth-order valence-corrected chi connectivity index (χ4v) is 2.63. The highest BCUT2D eigenvalue weighted by molar-refractivity contribution is 5.75. The van der Waals surface area contributed by atoms with Crippen LogP contribution in [0, 0.1) is 0 Å². The fraction of sp³-hybridized carbons (Fsp3) is 0.500. The number of carbonyl (C=O) groups is 2. The SMILES string of the molecule is CCc1ccc(C2CCN(C(=O)NCCC(=O)O)C2)cc1. The number of aliphatic carboxylic acids is 1. The minimum atomic E-state index is -0.898. The molecule has 1 aromatic rings. The van der Waals surface area contributed by atoms with Gasteiger partial charge in [-0.25, -0.2) is 4.79 Å². The highest BCUT2D eigenvalue weighted by Gasteiger charge is 2.27. The van der Waals surface area contributed by atoms with Gasteiger partial charge in [0.2, 0.25) is 0 Å². The molecule has 1 aliphatic heterocycles. The molecule has 0 aromatic heterocycles. The van der Waals surface area contributed by atoms with E-state index in [1.807, 2.05) is 0 Å². The average molecular weight is 290 g/mol. The second-order valence-corrected chi connectivity index (χ2v) is 5.40. The summed E-state index contributed by atoms with van der Waals surface area (Å²) >= 11 is 0. The van der Waals surface area contributed by atoms with Crippen molar-refractivity contribution in [3.8, 4) is 0 Å². The number of amides is 2. The molecule has 1 aromatic carbocycles. The van der Waals surface area contributed by atoms with Crippen molar-refractivity contribution in [2.45, 2.75) is 32.1 Å². The lowest BCUT2D eigenvalue weighted by Gasteiger charge is -2.17. The number of hydrogen-bond acceptors (Lipinski definition) is 2. The first-order valence-electron chi connectivity index (χ1n) is 7.43. The number of benzene rings is 1. The zero-order valence-corrected chi connectivity index (χ0v) is 12.3. The number of hydrogen-bond donors (Lipinski definition) is 2. The number of aryl methyl sites for hydroxylation is 1. The van der Waals surface area contributed by atoms with Crippen LogP contribution >= 0.6 is 0 Å². The second kappa shape index (κ2) is 7.11. The van der Waals surface area contributed by atoms with Gasteiger partial charge >= 0.3 is 12.0 Å². The van der Waals surface area contributed by atoms with Crippen molar-refractivity contribution >= 4 is 12.0 Å². The molecule has 1 unspecified atom stereocenters. The molecule has 5 heteroatoms. The predicted octanol–water partition coefficient (Wildman–Crippen LogP) is 2.22. The number of urea groups is 1. The maximum Gasteiger partial charge on any atom is 0.317 e. The van der Waals surface area contributed by atoms with Gasteiger partial charge < -0.3 is 15.3 Å². The zero-order valence-electron chi connectivity index (χ0n) is 12.3. The van der Waals surface area contributed by atoms with Gasteiger partial charge in [-0.3, -0.25) is 4.79 Å². The Bertz CT molecular complexity index is 499. The normalized spacial score (nSPS) is 17.8. The van der Waals surface area contributed by atoms with Gasteiger partial charge in [0.15, 0.2) is 0 Å². The summed E-state index contributed by atoms with van der Waals surface area (Å²) in [6.07, 6.45) is 1.95. The highest BCUT2D eigenvalue weighted by atomic mass is 16.4. The van der Waals surface area contributed by atoms with Crippen molar-refractivity contribution in [3.05, 3.63) is 35.4 Å². The molecule has 0 radical (unpaired) electrons. The standard InChI is InChI=1S/C16H22N2O3/c1-2-12-3-5-13(6-4-12)14-8-10-18(11-14)16(21)17-9-7-15(19)20/h3-6,14H,2,7-11H2,1H3,(H,17,21)(H,19,20). The second-order valence-electron chi connectivity index (χ2n) is 5.40. The lowest BCUT2D eigenvalue weighted by molar-refractivity contribution is -0.136. The molecule has 0 spiro atoms. The van der Waals surface area contributed by atoms with Gasteiger partial charge in [-0.1, -0.05) is 31.2 Å². The van der Waals surface area contributed by atoms with E-state index in [9.17, 15) is 9.59 Å². The smallest absolute Gasteiger partial charge is 0.317 e. The van der Waals surface area contributed by atoms with Crippen molar-refractivity contribution in [3.63, 3.8) is 0 Å². The Hall–Kier alpha value is -2.04. The number of carbonyl (C=O) groups excluding carboxylic acids is 1. The van der Waals surface area contributed by atoms with Crippen LogP contribution in [0.5, 0.6) is 0 Å². The Morgan fingerprint density at radius 2 is 2.05 bits per heavy atom. The van der Waals surface area contributed by atoms with Gasteiger partial charge in [0.1, 0.15) is 0 Å². The molecular weight excluding hydrogens is 268 g/mol. The summed E-state index contributed by atoms with van der Waals surface area (Å²) in [4.78, 5) is 24.1. The first-order valence-corrected chi connectivity index (χ1v) is 7.43. The molecule has 1 fully saturated rings. The van der Waals surface area contributed by atoms with Crippen molar-refractivity contribution in [2.75, 3.05) is 19.6 Å². The van der Waals surface area contributed by atoms with Crippen LogP contribution in [0.1, 0.15) is 36.8 Å². The molecule has 0 saturated carbocycles. The van der Waals surface area contributed by atoms with E-state index < -0.39 is 5.97 Å². The zero-order chi connectivity index (χ0) is 15.2. The number of nitrogens with zero attached hydrogens (tertiary/aromatic N) is 1. The topological polar surface area (TPSA) is 69.6 Å². The van der Waals surface area contributed by atoms with Gasteiger partial charge in [0.25, 0.3) is 0 Å². The summed E-state index contributed by atoms with van der Waals surface area (Å²) in [7, 11) is 0. The van der Waals surface area contributed by atoms with Crippen LogP contribution in [-0.4, -0.2) is 41.6 Å². The Morgan fingerprint density at radius 3 is 2.67 bits per heavy atom. The number of likely N-dealkylation sites (tertiary alicyclic amines) is 1. The monoisotopic (exact) mass is 290 g/mol. The average Bonchev–Trinajstić information content (AvgIpc) is 2.97. The van der Waals surface area contributed by atoms with Crippen LogP contribution in [0.2, 0.25) is 0 Å². The van der Waals surface area contributed by atoms with Crippen molar-refractivity contribution in [1.29, 1.82) is 0 Å². The molecule has 21 heavy (non-hydrogen) atoms. The van der Waals surface area contributed by atoms with Crippen molar-refractivity contribution in [1.82, 2.24) is 10.2 Å². The van der Waals surface area contributed by atoms with Gasteiger partial charge in [-0.15, -0.1) is 0 Å². The number of carboxylic acid groups (broad SMARTS) is 1. The quantitative estimate of drug-likeness (QED) is 0.873. The number of nitrogens with one attached hydrogen (secondary N) is 1. The number of carboxylic acids is 1. The lowest BCUT2D eigenvalue weighted by Crippen LogP contribution is -2.39. The van der Waals surface area contributed by atoms with Gasteiger partial charge in [0.05, 0.1) is 6.42 Å². The fourth-order valence-electron chi connectivity index (χ4n) is 2.63. The summed E-state index contributed by atoms with van der Waals surface area (Å²) in [6, 6.07) is 8.42. The van der Waals surface area contributed by atoms with E-state index in [4.69, 9.17) is 5.11 Å². The molecule has 0 aliphatic carbocycles. The van der Waals surface area contributed by atoms with Crippen molar-refractivity contribution < 1.29 is 14.7 Å². The molecule has 114 valence electrons. The van der Waals surface area contributed by atoms with E-state index in [1.54, 1.807) is 4.90 Å². The Balaban J connectivity index is 1.84. The van der Waals surface area contributed by atoms with E-state index >= 15 is 0 Å². The van der Waals surface area contributed by atoms with Crippen molar-refractivity contribution in [2.24, 2.45) is 0 Å². The third-order valence-corrected chi connectivity index (χ3v) is 3.95. The van der Waals surface area contributed by atoms with Crippen LogP contribution in [-0.2, 0) is 11.2 Å². The molecule has 5 nitrogen and oxygen atoms in total. The lowest BCUT2D eigenvalue weighted by atomic mass is 9.97. The third-order valence-electron chi connectivity index (χ3n) is 3.95. The molecule has 2 amide bonds. The Labute approximate surface area is 125 Å². The summed E-state index contributed by atoms with van der Waals surface area (Å²) < 4.78 is 0. The summed E-state index contributed by atoms with van der Waals surface area (Å²) in [5.41, 5.74) is 2.59. The largest absolute Gasteiger partial charge is 0.481 e. The van der Waals surface area contributed by atoms with Crippen LogP contribution in [0.3, 0.4) is 0 Å². The molecule has 1 heterocycles. The minimum absolute atomic E-state index is 0.0402. The van der Waals surface area contributed by atoms with E-state index in [1.165, 1.54) is 11.1 Å². The van der Waals surface area contributed by atoms with E-state index in [2.05, 4.69) is 36.5 Å². The third kappa shape index (κ3) is 4.21.